The van der Waals surface area contributed by atoms with Gasteiger partial charge in [0.1, 0.15) is 12.4 Å². The van der Waals surface area contributed by atoms with E-state index in [1.54, 1.807) is 0 Å². The lowest BCUT2D eigenvalue weighted by molar-refractivity contribution is 0.306. The lowest BCUT2D eigenvalue weighted by atomic mass is 10.1. The molecule has 0 aliphatic rings. The Morgan fingerprint density at radius 1 is 0.696 bits per heavy atom. The topological polar surface area (TPSA) is 9.23 Å². The summed E-state index contributed by atoms with van der Waals surface area (Å²) in [6, 6.07) is 26.3. The summed E-state index contributed by atoms with van der Waals surface area (Å²) in [5, 5.41) is 0. The third-order valence-electron chi connectivity index (χ3n) is 3.51. The minimum Gasteiger partial charge on any atom is -0.489 e. The van der Waals surface area contributed by atoms with Crippen LogP contribution in [0, 0.1) is 18.8 Å². The first-order valence-corrected chi connectivity index (χ1v) is 7.65. The highest BCUT2D eigenvalue weighted by molar-refractivity contribution is 5.44. The van der Waals surface area contributed by atoms with Crippen molar-refractivity contribution in [3.05, 3.63) is 101 Å². The Labute approximate surface area is 137 Å². The van der Waals surface area contributed by atoms with Gasteiger partial charge in [0, 0.05) is 11.1 Å². The molecule has 0 atom stereocenters. The van der Waals surface area contributed by atoms with E-state index in [1.807, 2.05) is 54.6 Å². The molecule has 0 heterocycles. The molecule has 0 aromatic heterocycles. The molecule has 0 amide bonds. The number of benzene rings is 3. The van der Waals surface area contributed by atoms with E-state index in [0.717, 1.165) is 22.4 Å². The molecule has 3 aromatic carbocycles. The monoisotopic (exact) mass is 298 g/mol. The summed E-state index contributed by atoms with van der Waals surface area (Å²) in [5.41, 5.74) is 4.42. The van der Waals surface area contributed by atoms with Crippen LogP contribution in [0.25, 0.3) is 0 Å². The Bertz CT molecular complexity index is 804. The molecule has 23 heavy (non-hydrogen) atoms. The molecule has 0 fully saturated rings. The second-order valence-corrected chi connectivity index (χ2v) is 5.41. The van der Waals surface area contributed by atoms with Gasteiger partial charge in [-0.25, -0.2) is 0 Å². The Morgan fingerprint density at radius 2 is 1.26 bits per heavy atom. The molecule has 0 aliphatic heterocycles. The van der Waals surface area contributed by atoms with E-state index < -0.39 is 0 Å². The average molecular weight is 298 g/mol. The van der Waals surface area contributed by atoms with Crippen LogP contribution in [0.4, 0.5) is 0 Å². The van der Waals surface area contributed by atoms with Gasteiger partial charge in [-0.1, -0.05) is 59.9 Å². The molecule has 0 saturated carbocycles. The number of hydrogen-bond acceptors (Lipinski definition) is 1. The van der Waals surface area contributed by atoms with Crippen molar-refractivity contribution in [3.63, 3.8) is 0 Å². The van der Waals surface area contributed by atoms with Crippen LogP contribution in [0.1, 0.15) is 22.3 Å². The van der Waals surface area contributed by atoms with E-state index in [-0.39, 0.29) is 0 Å². The smallest absolute Gasteiger partial charge is 0.119 e. The van der Waals surface area contributed by atoms with Crippen LogP contribution in [0.5, 0.6) is 5.75 Å². The van der Waals surface area contributed by atoms with Gasteiger partial charge in [0.05, 0.1) is 0 Å². The van der Waals surface area contributed by atoms with Crippen molar-refractivity contribution >= 4 is 0 Å². The van der Waals surface area contributed by atoms with Crippen molar-refractivity contribution in [2.45, 2.75) is 13.5 Å². The first kappa shape index (κ1) is 14.9. The van der Waals surface area contributed by atoms with Gasteiger partial charge in [-0.15, -0.1) is 0 Å². The van der Waals surface area contributed by atoms with E-state index in [0.29, 0.717) is 6.61 Å². The Kier molecular flexibility index (Phi) is 4.76. The van der Waals surface area contributed by atoms with Gasteiger partial charge >= 0.3 is 0 Å². The van der Waals surface area contributed by atoms with Gasteiger partial charge in [0.15, 0.2) is 0 Å². The molecule has 0 saturated heterocycles. The third kappa shape index (κ3) is 4.49. The van der Waals surface area contributed by atoms with Crippen molar-refractivity contribution in [3.8, 4) is 17.6 Å². The summed E-state index contributed by atoms with van der Waals surface area (Å²) < 4.78 is 5.77. The van der Waals surface area contributed by atoms with Crippen LogP contribution < -0.4 is 4.74 Å². The van der Waals surface area contributed by atoms with Gasteiger partial charge in [-0.3, -0.25) is 0 Å². The van der Waals surface area contributed by atoms with E-state index in [2.05, 4.69) is 43.0 Å². The number of aryl methyl sites for hydroxylation is 1. The zero-order valence-electron chi connectivity index (χ0n) is 13.1. The zero-order valence-corrected chi connectivity index (χ0v) is 13.1. The number of rotatable bonds is 3. The van der Waals surface area contributed by atoms with Crippen LogP contribution in [-0.2, 0) is 6.61 Å². The summed E-state index contributed by atoms with van der Waals surface area (Å²) in [6.07, 6.45) is 0. The summed E-state index contributed by atoms with van der Waals surface area (Å²) in [6.45, 7) is 2.65. The van der Waals surface area contributed by atoms with Gasteiger partial charge in [-0.2, -0.15) is 0 Å². The highest BCUT2D eigenvalue weighted by Crippen LogP contribution is 2.14. The average Bonchev–Trinajstić information content (AvgIpc) is 2.61. The minimum atomic E-state index is 0.579. The predicted octanol–water partition coefficient (Wildman–Crippen LogP) is 4.97. The normalized spacial score (nSPS) is 9.78. The van der Waals surface area contributed by atoms with Crippen molar-refractivity contribution in [1.82, 2.24) is 0 Å². The minimum absolute atomic E-state index is 0.579. The largest absolute Gasteiger partial charge is 0.489 e. The van der Waals surface area contributed by atoms with E-state index in [9.17, 15) is 0 Å². The van der Waals surface area contributed by atoms with Crippen LogP contribution >= 0.6 is 0 Å². The molecule has 0 N–H and O–H groups in total. The standard InChI is InChI=1S/C22H18O/c1-18-7-9-19(10-8-18)11-12-20-13-15-22(16-14-20)23-17-21-5-3-2-4-6-21/h2-10,13-16H,17H2,1H3. The molecule has 0 radical (unpaired) electrons. The van der Waals surface area contributed by atoms with Gasteiger partial charge < -0.3 is 4.74 Å². The van der Waals surface area contributed by atoms with Crippen LogP contribution in [0.3, 0.4) is 0 Å². The molecule has 1 heteroatoms. The summed E-state index contributed by atoms with van der Waals surface area (Å²) in [5.74, 6) is 7.21. The molecule has 3 rings (SSSR count). The SMILES string of the molecule is Cc1ccc(C#Cc2ccc(OCc3ccccc3)cc2)cc1. The first-order chi connectivity index (χ1) is 11.3. The molecular formula is C22H18O. The second-order valence-electron chi connectivity index (χ2n) is 5.41. The first-order valence-electron chi connectivity index (χ1n) is 7.65. The van der Waals surface area contributed by atoms with Crippen LogP contribution in [0.15, 0.2) is 78.9 Å². The number of hydrogen-bond donors (Lipinski definition) is 0. The highest BCUT2D eigenvalue weighted by atomic mass is 16.5. The predicted molar refractivity (Wildman–Crippen MR) is 94.4 cm³/mol. The van der Waals surface area contributed by atoms with Crippen LogP contribution in [-0.4, -0.2) is 0 Å². The molecule has 3 aromatic rings. The summed E-state index contributed by atoms with van der Waals surface area (Å²) in [7, 11) is 0. The second kappa shape index (κ2) is 7.33. The molecular weight excluding hydrogens is 280 g/mol. The Balaban J connectivity index is 1.62. The Hall–Kier alpha value is -2.98. The van der Waals surface area contributed by atoms with Crippen molar-refractivity contribution in [1.29, 1.82) is 0 Å². The van der Waals surface area contributed by atoms with E-state index >= 15 is 0 Å². The van der Waals surface area contributed by atoms with Gasteiger partial charge in [0.2, 0.25) is 0 Å². The number of ether oxygens (including phenoxy) is 1. The molecule has 0 spiro atoms. The van der Waals surface area contributed by atoms with E-state index in [4.69, 9.17) is 4.74 Å². The summed E-state index contributed by atoms with van der Waals surface area (Å²) in [4.78, 5) is 0. The maximum Gasteiger partial charge on any atom is 0.119 e. The lowest BCUT2D eigenvalue weighted by Gasteiger charge is -2.05. The quantitative estimate of drug-likeness (QED) is 0.620. The maximum atomic E-state index is 5.77. The van der Waals surface area contributed by atoms with Crippen molar-refractivity contribution in [2.75, 3.05) is 0 Å². The molecule has 1 nitrogen and oxygen atoms in total. The fourth-order valence-electron chi connectivity index (χ4n) is 2.16. The molecule has 112 valence electrons. The summed E-state index contributed by atoms with van der Waals surface area (Å²) >= 11 is 0. The van der Waals surface area contributed by atoms with E-state index in [1.165, 1.54) is 5.56 Å². The van der Waals surface area contributed by atoms with Crippen molar-refractivity contribution < 1.29 is 4.74 Å². The fourth-order valence-corrected chi connectivity index (χ4v) is 2.16. The van der Waals surface area contributed by atoms with Gasteiger partial charge in [-0.05, 0) is 48.9 Å². The Morgan fingerprint density at radius 3 is 1.87 bits per heavy atom. The zero-order chi connectivity index (χ0) is 15.9. The fraction of sp³-hybridized carbons (Fsp3) is 0.0909. The maximum absolute atomic E-state index is 5.77. The molecule has 0 aliphatic carbocycles. The van der Waals surface area contributed by atoms with Gasteiger partial charge in [0.25, 0.3) is 0 Å². The molecule has 0 bridgehead atoms. The van der Waals surface area contributed by atoms with Crippen molar-refractivity contribution in [2.24, 2.45) is 0 Å². The highest BCUT2D eigenvalue weighted by Gasteiger charge is 1.95. The molecule has 0 unspecified atom stereocenters. The third-order valence-corrected chi connectivity index (χ3v) is 3.51. The lowest BCUT2D eigenvalue weighted by Crippen LogP contribution is -1.94. The van der Waals surface area contributed by atoms with Crippen LogP contribution in [0.2, 0.25) is 0 Å².